The highest BCUT2D eigenvalue weighted by Crippen LogP contribution is 2.36. The summed E-state index contributed by atoms with van der Waals surface area (Å²) in [6.45, 7) is 7.61. The molecule has 2 aliphatic carbocycles. The Labute approximate surface area is 210 Å². The highest BCUT2D eigenvalue weighted by Gasteiger charge is 2.28. The monoisotopic (exact) mass is 485 g/mol. The molecule has 0 radical (unpaired) electrons. The Hall–Kier alpha value is -4.44. The molecule has 0 fully saturated rings. The van der Waals surface area contributed by atoms with Gasteiger partial charge in [0.2, 0.25) is 0 Å². The van der Waals surface area contributed by atoms with Gasteiger partial charge < -0.3 is 5.32 Å². The van der Waals surface area contributed by atoms with E-state index in [1.54, 1.807) is 18.2 Å². The minimum Gasteiger partial charge on any atom is -0.387 e. The van der Waals surface area contributed by atoms with Gasteiger partial charge in [0.25, 0.3) is 5.70 Å². The standard InChI is InChI=1S/C27H25F2N7/c1-35-27(17-34)23-11-21(29)12-26(25(23)16-33)36-8-6-4-2-3-5-7-18-9-20(28)10-22(24(18)15-32)19(13-30)14-31/h20-21,36H,2-12H2/b27-23+. The summed E-state index contributed by atoms with van der Waals surface area (Å²) in [5, 5.41) is 49.4. The number of hydrogen-bond donors (Lipinski definition) is 1. The van der Waals surface area contributed by atoms with Gasteiger partial charge in [-0.05, 0) is 36.8 Å². The second-order valence-corrected chi connectivity index (χ2v) is 8.64. The number of alkyl halides is 2. The highest BCUT2D eigenvalue weighted by molar-refractivity contribution is 5.57. The molecule has 9 heteroatoms. The molecule has 0 amide bonds. The molecule has 36 heavy (non-hydrogen) atoms. The zero-order valence-electron chi connectivity index (χ0n) is 19.9. The van der Waals surface area contributed by atoms with Gasteiger partial charge in [-0.2, -0.15) is 21.0 Å². The van der Waals surface area contributed by atoms with Crippen LogP contribution in [0.4, 0.5) is 8.78 Å². The lowest BCUT2D eigenvalue weighted by Gasteiger charge is -2.23. The second-order valence-electron chi connectivity index (χ2n) is 8.64. The molecule has 182 valence electrons. The van der Waals surface area contributed by atoms with Gasteiger partial charge in [-0.15, -0.1) is 0 Å². The Morgan fingerprint density at radius 1 is 0.806 bits per heavy atom. The third-order valence-corrected chi connectivity index (χ3v) is 6.25. The van der Waals surface area contributed by atoms with E-state index < -0.39 is 12.3 Å². The Balaban J connectivity index is 1.87. The van der Waals surface area contributed by atoms with Crippen molar-refractivity contribution in [1.82, 2.24) is 5.32 Å². The lowest BCUT2D eigenvalue weighted by Crippen LogP contribution is -2.24. The van der Waals surface area contributed by atoms with Gasteiger partial charge in [-0.25, -0.2) is 18.9 Å². The molecule has 0 bridgehead atoms. The first-order valence-electron chi connectivity index (χ1n) is 11.8. The Morgan fingerprint density at radius 3 is 2.03 bits per heavy atom. The number of rotatable bonds is 9. The van der Waals surface area contributed by atoms with E-state index in [2.05, 4.69) is 16.2 Å². The molecule has 0 aromatic rings. The third kappa shape index (κ3) is 7.03. The summed E-state index contributed by atoms with van der Waals surface area (Å²) in [4.78, 5) is 3.12. The molecule has 0 saturated heterocycles. The van der Waals surface area contributed by atoms with Crippen LogP contribution in [-0.2, 0) is 0 Å². The third-order valence-electron chi connectivity index (χ3n) is 6.25. The summed E-state index contributed by atoms with van der Waals surface area (Å²) in [6, 6.07) is 9.32. The minimum atomic E-state index is -1.26. The number of nitriles is 5. The largest absolute Gasteiger partial charge is 0.387 e. The summed E-state index contributed by atoms with van der Waals surface area (Å²) >= 11 is 0. The van der Waals surface area contributed by atoms with Crippen LogP contribution in [0.5, 0.6) is 0 Å². The van der Waals surface area contributed by atoms with Gasteiger partial charge in [0.15, 0.2) is 0 Å². The van der Waals surface area contributed by atoms with Crippen LogP contribution in [-0.4, -0.2) is 18.9 Å². The Bertz CT molecular complexity index is 1110. The van der Waals surface area contributed by atoms with Crippen LogP contribution in [0, 0.1) is 63.2 Å². The normalized spacial score (nSPS) is 20.7. The zero-order valence-corrected chi connectivity index (χ0v) is 19.9. The van der Waals surface area contributed by atoms with Crippen molar-refractivity contribution < 1.29 is 8.78 Å². The second kappa shape index (κ2) is 14.1. The van der Waals surface area contributed by atoms with Crippen molar-refractivity contribution in [1.29, 1.82) is 26.3 Å². The summed E-state index contributed by atoms with van der Waals surface area (Å²) in [7, 11) is 0. The van der Waals surface area contributed by atoms with Crippen molar-refractivity contribution in [3.8, 4) is 30.3 Å². The van der Waals surface area contributed by atoms with E-state index in [1.165, 1.54) is 0 Å². The van der Waals surface area contributed by atoms with E-state index in [1.807, 2.05) is 6.07 Å². The molecule has 0 spiro atoms. The Kier molecular flexibility index (Phi) is 10.9. The van der Waals surface area contributed by atoms with Crippen molar-refractivity contribution >= 4 is 0 Å². The average molecular weight is 486 g/mol. The summed E-state index contributed by atoms with van der Waals surface area (Å²) in [5.74, 6) is 0. The first kappa shape index (κ1) is 27.8. The molecule has 0 aliphatic heterocycles. The number of nitrogens with zero attached hydrogens (tertiary/aromatic N) is 6. The first-order valence-corrected chi connectivity index (χ1v) is 11.8. The van der Waals surface area contributed by atoms with Crippen LogP contribution in [0.2, 0.25) is 0 Å². The molecule has 0 aromatic carbocycles. The van der Waals surface area contributed by atoms with Crippen LogP contribution in [0.15, 0.2) is 44.8 Å². The fraction of sp³-hybridized carbons (Fsp3) is 0.481. The van der Waals surface area contributed by atoms with Gasteiger partial charge in [0, 0.05) is 37.1 Å². The van der Waals surface area contributed by atoms with Gasteiger partial charge in [-0.1, -0.05) is 19.3 Å². The van der Waals surface area contributed by atoms with Gasteiger partial charge in [0.05, 0.1) is 35.9 Å². The maximum absolute atomic E-state index is 14.2. The van der Waals surface area contributed by atoms with E-state index in [0.29, 0.717) is 24.2 Å². The first-order chi connectivity index (χ1) is 17.4. The fourth-order valence-corrected chi connectivity index (χ4v) is 4.54. The summed E-state index contributed by atoms with van der Waals surface area (Å²) in [6.07, 6.45) is 2.17. The van der Waals surface area contributed by atoms with E-state index in [-0.39, 0.29) is 59.2 Å². The SMILES string of the molecule is [C-]#[N+]/C(C#N)=C1\CC(F)CC(NCCCCCCCC2=C(C#N)C(=C(C#N)C#N)CC(F)C2)=C1C#N. The van der Waals surface area contributed by atoms with Crippen molar-refractivity contribution in [3.05, 3.63) is 56.2 Å². The van der Waals surface area contributed by atoms with Crippen LogP contribution >= 0.6 is 0 Å². The molecule has 2 atom stereocenters. The molecule has 0 heterocycles. The lowest BCUT2D eigenvalue weighted by atomic mass is 9.82. The van der Waals surface area contributed by atoms with Gasteiger partial charge in [0.1, 0.15) is 30.1 Å². The molecule has 2 aliphatic rings. The number of nitrogens with one attached hydrogen (secondary N) is 1. The molecule has 2 rings (SSSR count). The van der Waals surface area contributed by atoms with E-state index >= 15 is 0 Å². The summed E-state index contributed by atoms with van der Waals surface area (Å²) < 4.78 is 28.4. The smallest absolute Gasteiger partial charge is 0.266 e. The van der Waals surface area contributed by atoms with Crippen molar-refractivity contribution in [2.45, 2.75) is 76.6 Å². The quantitative estimate of drug-likeness (QED) is 0.248. The van der Waals surface area contributed by atoms with Crippen LogP contribution < -0.4 is 5.32 Å². The molecule has 1 N–H and O–H groups in total. The predicted octanol–water partition coefficient (Wildman–Crippen LogP) is 5.82. The number of halogens is 2. The topological polar surface area (TPSA) is 135 Å². The molecule has 2 unspecified atom stereocenters. The lowest BCUT2D eigenvalue weighted by molar-refractivity contribution is 0.316. The Morgan fingerprint density at radius 2 is 1.42 bits per heavy atom. The number of unbranched alkanes of at least 4 members (excludes halogenated alkanes) is 4. The van der Waals surface area contributed by atoms with E-state index in [4.69, 9.17) is 22.4 Å². The van der Waals surface area contributed by atoms with Crippen molar-refractivity contribution in [3.63, 3.8) is 0 Å². The van der Waals surface area contributed by atoms with E-state index in [9.17, 15) is 19.3 Å². The van der Waals surface area contributed by atoms with Gasteiger partial charge >= 0.3 is 0 Å². The molecule has 0 aromatic heterocycles. The molecular weight excluding hydrogens is 460 g/mol. The van der Waals surface area contributed by atoms with Crippen LogP contribution in [0.1, 0.15) is 64.2 Å². The average Bonchev–Trinajstić information content (AvgIpc) is 2.87. The number of allylic oxidation sites excluding steroid dienone is 8. The fourth-order valence-electron chi connectivity index (χ4n) is 4.54. The van der Waals surface area contributed by atoms with Crippen molar-refractivity contribution in [2.24, 2.45) is 0 Å². The molecule has 7 nitrogen and oxygen atoms in total. The summed E-state index contributed by atoms with van der Waals surface area (Å²) in [5.41, 5.74) is 1.46. The van der Waals surface area contributed by atoms with E-state index in [0.717, 1.165) is 32.1 Å². The number of hydrogen-bond acceptors (Lipinski definition) is 6. The van der Waals surface area contributed by atoms with Crippen LogP contribution in [0.3, 0.4) is 0 Å². The highest BCUT2D eigenvalue weighted by atomic mass is 19.1. The maximum Gasteiger partial charge on any atom is 0.266 e. The van der Waals surface area contributed by atoms with Gasteiger partial charge in [-0.3, -0.25) is 0 Å². The zero-order chi connectivity index (χ0) is 26.5. The minimum absolute atomic E-state index is 0.0464. The predicted molar refractivity (Wildman–Crippen MR) is 127 cm³/mol. The molecule has 0 saturated carbocycles. The maximum atomic E-state index is 14.2. The van der Waals surface area contributed by atoms with Crippen molar-refractivity contribution in [2.75, 3.05) is 6.54 Å². The van der Waals surface area contributed by atoms with Crippen LogP contribution in [0.25, 0.3) is 4.85 Å². The molecular formula is C27H25F2N7.